The molecular weight excluding hydrogens is 245 g/mol. The van der Waals surface area contributed by atoms with E-state index in [0.717, 1.165) is 0 Å². The molecule has 0 amide bonds. The average molecular weight is 261 g/mol. The Bertz CT molecular complexity index is 444. The van der Waals surface area contributed by atoms with Crippen molar-refractivity contribution in [1.82, 2.24) is 4.72 Å². The lowest BCUT2D eigenvalue weighted by atomic mass is 10.2. The Morgan fingerprint density at radius 3 is 2.47 bits per heavy atom. The molecule has 1 N–H and O–H groups in total. The Labute approximate surface area is 101 Å². The van der Waals surface area contributed by atoms with Gasteiger partial charge in [0.2, 0.25) is 10.0 Å². The molecule has 0 heterocycles. The molecule has 1 atom stereocenters. The zero-order valence-corrected chi connectivity index (χ0v) is 10.6. The van der Waals surface area contributed by atoms with Gasteiger partial charge in [0, 0.05) is 13.2 Å². The predicted octanol–water partition coefficient (Wildman–Crippen LogP) is 1.28. The van der Waals surface area contributed by atoms with Crippen molar-refractivity contribution in [3.05, 3.63) is 35.6 Å². The fraction of sp³-hybridized carbons (Fsp3) is 0.455. The monoisotopic (exact) mass is 261 g/mol. The molecule has 0 fully saturated rings. The summed E-state index contributed by atoms with van der Waals surface area (Å²) in [6.07, 6.45) is 0. The van der Waals surface area contributed by atoms with Crippen LogP contribution in [-0.4, -0.2) is 28.2 Å². The number of sulfonamides is 1. The quantitative estimate of drug-likeness (QED) is 0.839. The largest absolute Gasteiger partial charge is 0.383 e. The first-order valence-electron chi connectivity index (χ1n) is 5.16. The third-order valence-corrected chi connectivity index (χ3v) is 3.54. The van der Waals surface area contributed by atoms with Crippen LogP contribution in [0.5, 0.6) is 0 Å². The molecule has 1 aromatic carbocycles. The van der Waals surface area contributed by atoms with Crippen molar-refractivity contribution in [2.45, 2.75) is 18.7 Å². The summed E-state index contributed by atoms with van der Waals surface area (Å²) in [6, 6.07) is 5.10. The lowest BCUT2D eigenvalue weighted by molar-refractivity contribution is 0.180. The first-order chi connectivity index (χ1) is 7.93. The standard InChI is InChI=1S/C11H16FNO3S/c1-9(7-16-2)13-17(14,15)8-10-3-5-11(12)6-4-10/h3-6,9,13H,7-8H2,1-2H3. The van der Waals surface area contributed by atoms with E-state index in [1.807, 2.05) is 0 Å². The van der Waals surface area contributed by atoms with Gasteiger partial charge in [0.05, 0.1) is 12.4 Å². The van der Waals surface area contributed by atoms with Crippen LogP contribution in [-0.2, 0) is 20.5 Å². The van der Waals surface area contributed by atoms with Crippen LogP contribution in [0, 0.1) is 5.82 Å². The second-order valence-corrected chi connectivity index (χ2v) is 5.61. The van der Waals surface area contributed by atoms with E-state index in [9.17, 15) is 12.8 Å². The number of benzene rings is 1. The first kappa shape index (κ1) is 14.1. The van der Waals surface area contributed by atoms with Crippen LogP contribution in [0.4, 0.5) is 4.39 Å². The van der Waals surface area contributed by atoms with E-state index in [0.29, 0.717) is 12.2 Å². The van der Waals surface area contributed by atoms with Gasteiger partial charge < -0.3 is 4.74 Å². The smallest absolute Gasteiger partial charge is 0.216 e. The molecule has 0 bridgehead atoms. The van der Waals surface area contributed by atoms with Gasteiger partial charge in [0.15, 0.2) is 0 Å². The molecule has 4 nitrogen and oxygen atoms in total. The topological polar surface area (TPSA) is 55.4 Å². The van der Waals surface area contributed by atoms with Gasteiger partial charge in [-0.25, -0.2) is 17.5 Å². The van der Waals surface area contributed by atoms with E-state index in [1.165, 1.54) is 31.4 Å². The van der Waals surface area contributed by atoms with Gasteiger partial charge in [-0.05, 0) is 24.6 Å². The SMILES string of the molecule is COCC(C)NS(=O)(=O)Cc1ccc(F)cc1. The van der Waals surface area contributed by atoms with Gasteiger partial charge in [-0.3, -0.25) is 0 Å². The van der Waals surface area contributed by atoms with E-state index in [1.54, 1.807) is 6.92 Å². The molecule has 1 aromatic rings. The summed E-state index contributed by atoms with van der Waals surface area (Å²) in [6.45, 7) is 2.02. The fourth-order valence-electron chi connectivity index (χ4n) is 1.43. The van der Waals surface area contributed by atoms with Crippen LogP contribution in [0.2, 0.25) is 0 Å². The summed E-state index contributed by atoms with van der Waals surface area (Å²) in [5, 5.41) is 0. The molecule has 17 heavy (non-hydrogen) atoms. The van der Waals surface area contributed by atoms with Crippen molar-refractivity contribution < 1.29 is 17.5 Å². The molecule has 0 spiro atoms. The average Bonchev–Trinajstić information content (AvgIpc) is 2.20. The number of hydrogen-bond donors (Lipinski definition) is 1. The van der Waals surface area contributed by atoms with Gasteiger partial charge in [-0.1, -0.05) is 12.1 Å². The van der Waals surface area contributed by atoms with E-state index in [2.05, 4.69) is 4.72 Å². The molecule has 0 saturated carbocycles. The van der Waals surface area contributed by atoms with E-state index >= 15 is 0 Å². The maximum Gasteiger partial charge on any atom is 0.216 e. The van der Waals surface area contributed by atoms with Crippen LogP contribution in [0.25, 0.3) is 0 Å². The zero-order valence-electron chi connectivity index (χ0n) is 9.81. The fourth-order valence-corrected chi connectivity index (χ4v) is 2.83. The molecule has 0 aliphatic carbocycles. The summed E-state index contributed by atoms with van der Waals surface area (Å²) in [5.74, 6) is -0.548. The Hall–Kier alpha value is -0.980. The summed E-state index contributed by atoms with van der Waals surface area (Å²) in [7, 11) is -1.92. The van der Waals surface area contributed by atoms with Crippen LogP contribution in [0.1, 0.15) is 12.5 Å². The maximum absolute atomic E-state index is 12.6. The van der Waals surface area contributed by atoms with Crippen LogP contribution in [0.3, 0.4) is 0 Å². The van der Waals surface area contributed by atoms with E-state index < -0.39 is 10.0 Å². The second-order valence-electron chi connectivity index (χ2n) is 3.86. The van der Waals surface area contributed by atoms with Crippen molar-refractivity contribution >= 4 is 10.0 Å². The highest BCUT2D eigenvalue weighted by molar-refractivity contribution is 7.88. The minimum Gasteiger partial charge on any atom is -0.383 e. The van der Waals surface area contributed by atoms with E-state index in [4.69, 9.17) is 4.74 Å². The molecule has 0 aliphatic heterocycles. The number of hydrogen-bond acceptors (Lipinski definition) is 3. The molecular formula is C11H16FNO3S. The predicted molar refractivity (Wildman–Crippen MR) is 63.5 cm³/mol. The summed E-state index contributed by atoms with van der Waals surface area (Å²) < 4.78 is 43.4. The van der Waals surface area contributed by atoms with Crippen LogP contribution in [0.15, 0.2) is 24.3 Å². The maximum atomic E-state index is 12.6. The van der Waals surface area contributed by atoms with Gasteiger partial charge in [-0.15, -0.1) is 0 Å². The molecule has 0 aliphatic rings. The number of methoxy groups -OCH3 is 1. The van der Waals surface area contributed by atoms with Crippen molar-refractivity contribution in [1.29, 1.82) is 0 Å². The third kappa shape index (κ3) is 5.25. The highest BCUT2D eigenvalue weighted by Crippen LogP contribution is 2.07. The molecule has 96 valence electrons. The molecule has 0 radical (unpaired) electrons. The molecule has 1 unspecified atom stereocenters. The molecule has 0 saturated heterocycles. The van der Waals surface area contributed by atoms with Crippen molar-refractivity contribution in [2.75, 3.05) is 13.7 Å². The van der Waals surface area contributed by atoms with Crippen molar-refractivity contribution in [3.63, 3.8) is 0 Å². The summed E-state index contributed by atoms with van der Waals surface area (Å²) in [5.41, 5.74) is 0.545. The van der Waals surface area contributed by atoms with Gasteiger partial charge in [-0.2, -0.15) is 0 Å². The highest BCUT2D eigenvalue weighted by Gasteiger charge is 2.15. The van der Waals surface area contributed by atoms with Gasteiger partial charge >= 0.3 is 0 Å². The Morgan fingerprint density at radius 1 is 1.35 bits per heavy atom. The highest BCUT2D eigenvalue weighted by atomic mass is 32.2. The van der Waals surface area contributed by atoms with Crippen molar-refractivity contribution in [3.8, 4) is 0 Å². The Balaban J connectivity index is 2.63. The lowest BCUT2D eigenvalue weighted by Gasteiger charge is -2.13. The molecule has 0 aromatic heterocycles. The normalized spacial score (nSPS) is 13.6. The van der Waals surface area contributed by atoms with Gasteiger partial charge in [0.1, 0.15) is 5.82 Å². The minimum atomic E-state index is -3.42. The Morgan fingerprint density at radius 2 is 1.94 bits per heavy atom. The molecule has 6 heteroatoms. The molecule has 1 rings (SSSR count). The summed E-state index contributed by atoms with van der Waals surface area (Å²) >= 11 is 0. The second kappa shape index (κ2) is 6.09. The zero-order chi connectivity index (χ0) is 12.9. The van der Waals surface area contributed by atoms with Crippen LogP contribution >= 0.6 is 0 Å². The van der Waals surface area contributed by atoms with Crippen molar-refractivity contribution in [2.24, 2.45) is 0 Å². The number of rotatable bonds is 6. The first-order valence-corrected chi connectivity index (χ1v) is 6.81. The number of halogens is 1. The minimum absolute atomic E-state index is 0.165. The van der Waals surface area contributed by atoms with Crippen LogP contribution < -0.4 is 4.72 Å². The summed E-state index contributed by atoms with van der Waals surface area (Å²) in [4.78, 5) is 0. The third-order valence-electron chi connectivity index (χ3n) is 2.07. The van der Waals surface area contributed by atoms with E-state index in [-0.39, 0.29) is 17.6 Å². The van der Waals surface area contributed by atoms with Gasteiger partial charge in [0.25, 0.3) is 0 Å². The Kier molecular flexibility index (Phi) is 5.04. The number of ether oxygens (including phenoxy) is 1. The number of nitrogens with one attached hydrogen (secondary N) is 1. The lowest BCUT2D eigenvalue weighted by Crippen LogP contribution is -2.36.